The van der Waals surface area contributed by atoms with Gasteiger partial charge in [-0.25, -0.2) is 9.97 Å². The Bertz CT molecular complexity index is 1440. The number of carboxylic acid groups (broad SMARTS) is 2. The Morgan fingerprint density at radius 1 is 1.06 bits per heavy atom. The molecule has 5 atom stereocenters. The van der Waals surface area contributed by atoms with Gasteiger partial charge >= 0.3 is 11.9 Å². The minimum absolute atomic E-state index is 0.0841. The van der Waals surface area contributed by atoms with Crippen LogP contribution in [0.3, 0.4) is 0 Å². The summed E-state index contributed by atoms with van der Waals surface area (Å²) in [5.41, 5.74) is 6.73. The molecule has 48 heavy (non-hydrogen) atoms. The zero-order valence-electron chi connectivity index (χ0n) is 27.7. The van der Waals surface area contributed by atoms with Crippen molar-refractivity contribution in [2.75, 3.05) is 13.6 Å². The third-order valence-electron chi connectivity index (χ3n) is 8.00. The molecule has 2 unspecified atom stereocenters. The summed E-state index contributed by atoms with van der Waals surface area (Å²) in [5, 5.41) is 23.9. The highest BCUT2D eigenvalue weighted by Crippen LogP contribution is 2.26. The molecule has 0 radical (unpaired) electrons. The van der Waals surface area contributed by atoms with Crippen molar-refractivity contribution in [1.82, 2.24) is 30.5 Å². The number of aromatic nitrogens is 3. The Kier molecular flexibility index (Phi) is 15.5. The van der Waals surface area contributed by atoms with Gasteiger partial charge in [-0.15, -0.1) is 11.3 Å². The number of carboxylic acids is 2. The average molecular weight is 692 g/mol. The number of carbonyl (C=O) groups is 7. The molecule has 0 aliphatic carbocycles. The summed E-state index contributed by atoms with van der Waals surface area (Å²) in [5.74, 6) is -6.36. The van der Waals surface area contributed by atoms with Crippen LogP contribution < -0.4 is 16.4 Å². The number of likely N-dealkylation sites (N-methyl/N-ethyl adjacent to an activating group) is 1. The Hall–Kier alpha value is -4.51. The van der Waals surface area contributed by atoms with Crippen molar-refractivity contribution in [2.24, 2.45) is 23.5 Å². The molecular weight excluding hydrogens is 646 g/mol. The van der Waals surface area contributed by atoms with E-state index in [-0.39, 0.29) is 65.7 Å². The molecule has 2 rings (SSSR count). The first kappa shape index (κ1) is 39.7. The summed E-state index contributed by atoms with van der Waals surface area (Å²) in [6, 6.07) is -3.03. The fraction of sp³-hybridized carbons (Fsp3) is 0.581. The van der Waals surface area contributed by atoms with Crippen molar-refractivity contribution in [3.63, 3.8) is 0 Å². The molecule has 0 spiro atoms. The van der Waals surface area contributed by atoms with Crippen LogP contribution >= 0.6 is 11.3 Å². The van der Waals surface area contributed by atoms with Gasteiger partial charge < -0.3 is 36.5 Å². The van der Waals surface area contributed by atoms with E-state index in [1.165, 1.54) is 23.7 Å². The van der Waals surface area contributed by atoms with E-state index >= 15 is 0 Å². The fourth-order valence-corrected chi connectivity index (χ4v) is 5.95. The molecule has 3 amide bonds. The molecule has 0 aliphatic rings. The number of Topliss-reactive ketones (excluding diaryl/α,β-unsaturated/α-hetero) is 2. The van der Waals surface area contributed by atoms with Crippen LogP contribution in [-0.4, -0.2) is 103 Å². The highest BCUT2D eigenvalue weighted by atomic mass is 32.1. The molecule has 264 valence electrons. The monoisotopic (exact) mass is 691 g/mol. The molecule has 0 saturated carbocycles. The molecule has 7 N–H and O–H groups in total. The summed E-state index contributed by atoms with van der Waals surface area (Å²) in [4.78, 5) is 100. The van der Waals surface area contributed by atoms with Crippen LogP contribution in [0.1, 0.15) is 74.6 Å². The number of H-pyrrole nitrogens is 1. The molecule has 17 heteroatoms. The maximum atomic E-state index is 13.8. The van der Waals surface area contributed by atoms with Crippen LogP contribution in [0, 0.1) is 17.8 Å². The van der Waals surface area contributed by atoms with E-state index in [1.54, 1.807) is 20.0 Å². The van der Waals surface area contributed by atoms with Crippen LogP contribution in [0.5, 0.6) is 0 Å². The first-order chi connectivity index (χ1) is 22.5. The Labute approximate surface area is 282 Å². The SMILES string of the molecule is CCC(C)[C@H](CC(=O)C(N)Cc1cnc[nH]1)C(=O)N(C)[C@H](C(=O)Cc1nc(C(=O)N[C@@H](CCC(=O)O)C(=O)NCC(=O)O)cs1)C(C)C. The maximum Gasteiger partial charge on any atom is 0.322 e. The normalized spacial score (nSPS) is 14.3. The zero-order valence-corrected chi connectivity index (χ0v) is 28.5. The van der Waals surface area contributed by atoms with Crippen molar-refractivity contribution in [3.05, 3.63) is 34.3 Å². The van der Waals surface area contributed by atoms with E-state index in [4.69, 9.17) is 15.9 Å². The largest absolute Gasteiger partial charge is 0.481 e. The number of ketones is 2. The van der Waals surface area contributed by atoms with E-state index in [9.17, 15) is 33.6 Å². The number of nitrogens with one attached hydrogen (secondary N) is 3. The van der Waals surface area contributed by atoms with Gasteiger partial charge in [0.2, 0.25) is 11.8 Å². The number of hydrogen-bond acceptors (Lipinski definition) is 11. The lowest BCUT2D eigenvalue weighted by Gasteiger charge is -2.34. The number of carbonyl (C=O) groups excluding carboxylic acids is 5. The number of thiazole rings is 1. The van der Waals surface area contributed by atoms with Crippen molar-refractivity contribution in [1.29, 1.82) is 0 Å². The van der Waals surface area contributed by atoms with Gasteiger partial charge in [0.05, 0.1) is 24.8 Å². The van der Waals surface area contributed by atoms with E-state index in [2.05, 4.69) is 25.6 Å². The number of aromatic amines is 1. The second-order valence-electron chi connectivity index (χ2n) is 12.0. The van der Waals surface area contributed by atoms with Gasteiger partial charge in [-0.05, 0) is 18.3 Å². The molecule has 0 aromatic carbocycles. The third kappa shape index (κ3) is 11.9. The summed E-state index contributed by atoms with van der Waals surface area (Å²) in [6.07, 6.45) is 2.89. The van der Waals surface area contributed by atoms with Crippen LogP contribution in [0.15, 0.2) is 17.9 Å². The molecule has 0 aliphatic heterocycles. The molecular formula is C31H45N7O9S. The summed E-state index contributed by atoms with van der Waals surface area (Å²) < 4.78 is 0. The first-order valence-electron chi connectivity index (χ1n) is 15.6. The van der Waals surface area contributed by atoms with E-state index in [1.807, 2.05) is 13.8 Å². The number of hydrogen-bond donors (Lipinski definition) is 6. The lowest BCUT2D eigenvalue weighted by molar-refractivity contribution is -0.145. The molecule has 2 aromatic heterocycles. The van der Waals surface area contributed by atoms with Gasteiger partial charge in [0.25, 0.3) is 5.91 Å². The van der Waals surface area contributed by atoms with Gasteiger partial charge in [-0.2, -0.15) is 0 Å². The molecule has 0 fully saturated rings. The molecule has 0 bridgehead atoms. The van der Waals surface area contributed by atoms with Crippen molar-refractivity contribution in [2.45, 2.75) is 84.3 Å². The van der Waals surface area contributed by atoms with Crippen molar-refractivity contribution < 1.29 is 43.8 Å². The number of nitrogens with zero attached hydrogens (tertiary/aromatic N) is 3. The van der Waals surface area contributed by atoms with E-state index in [0.717, 1.165) is 11.3 Å². The predicted molar refractivity (Wildman–Crippen MR) is 174 cm³/mol. The van der Waals surface area contributed by atoms with Crippen LogP contribution in [0.2, 0.25) is 0 Å². The summed E-state index contributed by atoms with van der Waals surface area (Å²) in [6.45, 7) is 6.66. The Morgan fingerprint density at radius 2 is 1.75 bits per heavy atom. The second-order valence-corrected chi connectivity index (χ2v) is 13.0. The van der Waals surface area contributed by atoms with Crippen LogP contribution in [-0.2, 0) is 41.6 Å². The minimum atomic E-state index is -1.34. The van der Waals surface area contributed by atoms with Crippen LogP contribution in [0.4, 0.5) is 0 Å². The van der Waals surface area contributed by atoms with Gasteiger partial charge in [0, 0.05) is 49.5 Å². The first-order valence-corrected chi connectivity index (χ1v) is 16.4. The minimum Gasteiger partial charge on any atom is -0.481 e. The topological polar surface area (TPSA) is 255 Å². The van der Waals surface area contributed by atoms with Crippen molar-refractivity contribution >= 4 is 52.6 Å². The molecule has 16 nitrogen and oxygen atoms in total. The molecule has 2 aromatic rings. The molecule has 0 saturated heterocycles. The number of rotatable bonds is 21. The van der Waals surface area contributed by atoms with Gasteiger partial charge in [-0.1, -0.05) is 34.1 Å². The number of imidazole rings is 1. The predicted octanol–water partition coefficient (Wildman–Crippen LogP) is 0.816. The van der Waals surface area contributed by atoms with Gasteiger partial charge in [-0.3, -0.25) is 33.6 Å². The smallest absolute Gasteiger partial charge is 0.322 e. The standard InChI is InChI=1S/C31H45N7O9S/c1-6-17(4)19(10-23(39)20(32)9-18-12-33-15-35-18)31(47)38(5)28(16(2)3)24(40)11-25-36-22(14-48-25)30(46)37-21(7-8-26(41)42)29(45)34-13-27(43)44/h12,14-17,19-21,28H,6-11,13,32H2,1-5H3,(H,33,35)(H,34,45)(H,37,46)(H,41,42)(H,43,44)/t17?,19-,20?,21-,28-/m0/s1. The quantitative estimate of drug-likeness (QED) is 0.106. The fourth-order valence-electron chi connectivity index (χ4n) is 5.17. The van der Waals surface area contributed by atoms with Gasteiger partial charge in [0.1, 0.15) is 23.3 Å². The summed E-state index contributed by atoms with van der Waals surface area (Å²) >= 11 is 1.02. The van der Waals surface area contributed by atoms with E-state index < -0.39 is 60.8 Å². The zero-order chi connectivity index (χ0) is 36.1. The highest BCUT2D eigenvalue weighted by Gasteiger charge is 2.37. The second kappa shape index (κ2) is 18.7. The average Bonchev–Trinajstić information content (AvgIpc) is 3.71. The van der Waals surface area contributed by atoms with Crippen molar-refractivity contribution in [3.8, 4) is 0 Å². The summed E-state index contributed by atoms with van der Waals surface area (Å²) in [7, 11) is 1.53. The number of nitrogens with two attached hydrogens (primary N) is 1. The lowest BCUT2D eigenvalue weighted by atomic mass is 9.83. The van der Waals surface area contributed by atoms with Crippen LogP contribution in [0.25, 0.3) is 0 Å². The molecule has 2 heterocycles. The Balaban J connectivity index is 2.15. The Morgan fingerprint density at radius 3 is 2.31 bits per heavy atom. The lowest BCUT2D eigenvalue weighted by Crippen LogP contribution is -2.50. The van der Waals surface area contributed by atoms with E-state index in [0.29, 0.717) is 12.1 Å². The van der Waals surface area contributed by atoms with Gasteiger partial charge in [0.15, 0.2) is 11.6 Å². The highest BCUT2D eigenvalue weighted by molar-refractivity contribution is 7.10. The maximum absolute atomic E-state index is 13.8. The third-order valence-corrected chi connectivity index (χ3v) is 8.84. The number of aliphatic carboxylic acids is 2. The number of amides is 3.